The highest BCUT2D eigenvalue weighted by Gasteiger charge is 2.15. The summed E-state index contributed by atoms with van der Waals surface area (Å²) < 4.78 is 18.3. The van der Waals surface area contributed by atoms with Crippen LogP contribution in [0.5, 0.6) is 17.2 Å². The number of anilines is 1. The number of benzene rings is 4. The molecule has 0 fully saturated rings. The summed E-state index contributed by atoms with van der Waals surface area (Å²) in [7, 11) is 0. The van der Waals surface area contributed by atoms with E-state index in [2.05, 4.69) is 27.9 Å². The number of hydrogen-bond donors (Lipinski definition) is 1. The van der Waals surface area contributed by atoms with Gasteiger partial charge in [-0.1, -0.05) is 29.8 Å². The van der Waals surface area contributed by atoms with Crippen molar-refractivity contribution in [3.63, 3.8) is 0 Å². The van der Waals surface area contributed by atoms with E-state index in [-0.39, 0.29) is 17.9 Å². The number of nitro groups is 1. The molecule has 0 saturated carbocycles. The van der Waals surface area contributed by atoms with Gasteiger partial charge in [0.1, 0.15) is 30.6 Å². The lowest BCUT2D eigenvalue weighted by atomic mass is 10.1. The molecule has 0 saturated heterocycles. The van der Waals surface area contributed by atoms with Crippen LogP contribution in [-0.4, -0.2) is 17.4 Å². The summed E-state index contributed by atoms with van der Waals surface area (Å²) in [6.45, 7) is 4.83. The second-order valence-corrected chi connectivity index (χ2v) is 10.6. The van der Waals surface area contributed by atoms with Gasteiger partial charge in [0.25, 0.3) is 11.6 Å². The summed E-state index contributed by atoms with van der Waals surface area (Å²) in [5.74, 6) is 1.04. The van der Waals surface area contributed by atoms with Crippen LogP contribution < -0.4 is 19.5 Å². The fourth-order valence-electron chi connectivity index (χ4n) is 3.94. The molecule has 0 aliphatic heterocycles. The van der Waals surface area contributed by atoms with Gasteiger partial charge < -0.3 is 19.5 Å². The Morgan fingerprint density at radius 2 is 1.58 bits per heavy atom. The number of halogens is 1. The Morgan fingerprint density at radius 3 is 2.19 bits per heavy atom. The molecule has 9 nitrogen and oxygen atoms in total. The molecule has 0 spiro atoms. The third-order valence-electron chi connectivity index (χ3n) is 6.18. The number of nitro benzene ring substituents is 1. The first-order valence-corrected chi connectivity index (χ1v) is 14.4. The monoisotopic (exact) mass is 689 g/mol. The Hall–Kier alpha value is -4.89. The lowest BCUT2D eigenvalue weighted by Gasteiger charge is -2.15. The Morgan fingerprint density at radius 1 is 0.953 bits per heavy atom. The SMILES string of the molecule is CCOc1cc(/C=C(\C#N)C(=O)Nc2ccc(OCc3ccc(C)cc3)cc2)cc(I)c1OCc1ccc([N+](=O)[O-])cc1. The average Bonchev–Trinajstić information content (AvgIpc) is 3.00. The molecule has 218 valence electrons. The van der Waals surface area contributed by atoms with Crippen molar-refractivity contribution in [1.29, 1.82) is 5.26 Å². The summed E-state index contributed by atoms with van der Waals surface area (Å²) >= 11 is 2.10. The van der Waals surface area contributed by atoms with Crippen LogP contribution in [0.4, 0.5) is 11.4 Å². The Kier molecular flexibility index (Phi) is 10.7. The number of carbonyl (C=O) groups is 1. The molecule has 10 heteroatoms. The van der Waals surface area contributed by atoms with Crippen LogP contribution in [0.25, 0.3) is 6.08 Å². The Labute approximate surface area is 263 Å². The van der Waals surface area contributed by atoms with Crippen LogP contribution in [-0.2, 0) is 18.0 Å². The number of nitriles is 1. The maximum absolute atomic E-state index is 12.9. The number of nitrogens with zero attached hydrogens (tertiary/aromatic N) is 2. The summed E-state index contributed by atoms with van der Waals surface area (Å²) in [6, 6.07) is 26.6. The van der Waals surface area contributed by atoms with E-state index in [0.29, 0.717) is 45.3 Å². The van der Waals surface area contributed by atoms with Crippen molar-refractivity contribution >= 4 is 45.9 Å². The number of aryl methyl sites for hydroxylation is 1. The summed E-state index contributed by atoms with van der Waals surface area (Å²) in [6.07, 6.45) is 1.49. The number of nitrogens with one attached hydrogen (secondary N) is 1. The van der Waals surface area contributed by atoms with Gasteiger partial charge in [-0.25, -0.2) is 0 Å². The third-order valence-corrected chi connectivity index (χ3v) is 6.98. The van der Waals surface area contributed by atoms with Crippen LogP contribution in [0.2, 0.25) is 0 Å². The zero-order chi connectivity index (χ0) is 30.8. The predicted molar refractivity (Wildman–Crippen MR) is 172 cm³/mol. The summed E-state index contributed by atoms with van der Waals surface area (Å²) in [4.78, 5) is 23.4. The van der Waals surface area contributed by atoms with Gasteiger partial charge in [-0.15, -0.1) is 0 Å². The van der Waals surface area contributed by atoms with E-state index in [1.165, 1.54) is 23.8 Å². The number of non-ortho nitro benzene ring substituents is 1. The molecule has 4 aromatic rings. The molecule has 43 heavy (non-hydrogen) atoms. The van der Waals surface area contributed by atoms with E-state index in [1.807, 2.05) is 44.2 Å². The normalized spacial score (nSPS) is 10.9. The van der Waals surface area contributed by atoms with E-state index in [4.69, 9.17) is 14.2 Å². The minimum atomic E-state index is -0.553. The number of rotatable bonds is 12. The van der Waals surface area contributed by atoms with Crippen LogP contribution in [0.15, 0.2) is 90.5 Å². The highest BCUT2D eigenvalue weighted by atomic mass is 127. The van der Waals surface area contributed by atoms with Crippen LogP contribution in [0.1, 0.15) is 29.2 Å². The van der Waals surface area contributed by atoms with Crippen molar-refractivity contribution < 1.29 is 23.9 Å². The molecular formula is C33H28IN3O6. The molecule has 0 aliphatic rings. The summed E-state index contributed by atoms with van der Waals surface area (Å²) in [5.41, 5.74) is 4.01. The first-order chi connectivity index (χ1) is 20.7. The van der Waals surface area contributed by atoms with Crippen molar-refractivity contribution in [2.75, 3.05) is 11.9 Å². The molecule has 0 heterocycles. The van der Waals surface area contributed by atoms with Gasteiger partial charge in [-0.2, -0.15) is 5.26 Å². The molecular weight excluding hydrogens is 661 g/mol. The number of amides is 1. The molecule has 4 rings (SSSR count). The zero-order valence-electron chi connectivity index (χ0n) is 23.5. The fraction of sp³-hybridized carbons (Fsp3) is 0.152. The van der Waals surface area contributed by atoms with Gasteiger partial charge in [0, 0.05) is 17.8 Å². The maximum atomic E-state index is 12.9. The molecule has 0 atom stereocenters. The van der Waals surface area contributed by atoms with E-state index in [9.17, 15) is 20.2 Å². The van der Waals surface area contributed by atoms with Gasteiger partial charge in [0.05, 0.1) is 15.1 Å². The van der Waals surface area contributed by atoms with Crippen molar-refractivity contribution in [2.24, 2.45) is 0 Å². The molecule has 0 unspecified atom stereocenters. The van der Waals surface area contributed by atoms with Crippen molar-refractivity contribution in [2.45, 2.75) is 27.1 Å². The third kappa shape index (κ3) is 8.80. The largest absolute Gasteiger partial charge is 0.490 e. The average molecular weight is 690 g/mol. The number of ether oxygens (including phenoxy) is 3. The minimum absolute atomic E-state index is 0.00160. The molecule has 1 amide bonds. The number of hydrogen-bond acceptors (Lipinski definition) is 7. The zero-order valence-corrected chi connectivity index (χ0v) is 25.7. The first kappa shape index (κ1) is 31.1. The van der Waals surface area contributed by atoms with Crippen LogP contribution in [0.3, 0.4) is 0 Å². The molecule has 0 aromatic heterocycles. The van der Waals surface area contributed by atoms with Gasteiger partial charge in [-0.3, -0.25) is 14.9 Å². The second-order valence-electron chi connectivity index (χ2n) is 9.40. The van der Waals surface area contributed by atoms with Gasteiger partial charge >= 0.3 is 0 Å². The van der Waals surface area contributed by atoms with E-state index < -0.39 is 10.8 Å². The Balaban J connectivity index is 1.43. The summed E-state index contributed by atoms with van der Waals surface area (Å²) in [5, 5.41) is 23.4. The topological polar surface area (TPSA) is 124 Å². The fourth-order valence-corrected chi connectivity index (χ4v) is 4.72. The predicted octanol–water partition coefficient (Wildman–Crippen LogP) is 7.61. The molecule has 0 radical (unpaired) electrons. The second kappa shape index (κ2) is 14.8. The lowest BCUT2D eigenvalue weighted by Crippen LogP contribution is -2.13. The van der Waals surface area contributed by atoms with Crippen molar-refractivity contribution in [3.8, 4) is 23.3 Å². The van der Waals surface area contributed by atoms with E-state index in [0.717, 1.165) is 11.1 Å². The van der Waals surface area contributed by atoms with Crippen molar-refractivity contribution in [1.82, 2.24) is 0 Å². The first-order valence-electron chi connectivity index (χ1n) is 13.3. The van der Waals surface area contributed by atoms with Crippen molar-refractivity contribution in [3.05, 3.63) is 126 Å². The van der Waals surface area contributed by atoms with E-state index >= 15 is 0 Å². The lowest BCUT2D eigenvalue weighted by molar-refractivity contribution is -0.384. The minimum Gasteiger partial charge on any atom is -0.490 e. The standard InChI is InChI=1S/C33H28IN3O6/c1-3-41-31-18-25(17-30(34)32(31)43-21-24-8-12-28(13-9-24)37(39)40)16-26(19-35)33(38)36-27-10-14-29(15-11-27)42-20-23-6-4-22(2)5-7-23/h4-18H,3,20-21H2,1-2H3,(H,36,38)/b26-16+. The maximum Gasteiger partial charge on any atom is 0.269 e. The van der Waals surface area contributed by atoms with E-state index in [1.54, 1.807) is 48.5 Å². The number of carbonyl (C=O) groups excluding carboxylic acids is 1. The van der Waals surface area contributed by atoms with Crippen LogP contribution >= 0.6 is 22.6 Å². The molecule has 0 bridgehead atoms. The molecule has 4 aromatic carbocycles. The highest BCUT2D eigenvalue weighted by molar-refractivity contribution is 14.1. The highest BCUT2D eigenvalue weighted by Crippen LogP contribution is 2.35. The Bertz CT molecular complexity index is 1660. The quantitative estimate of drug-likeness (QED) is 0.0534. The van der Waals surface area contributed by atoms with Crippen LogP contribution in [0, 0.1) is 31.9 Å². The van der Waals surface area contributed by atoms with Gasteiger partial charge in [0.2, 0.25) is 0 Å². The molecule has 1 N–H and O–H groups in total. The van der Waals surface area contributed by atoms with Gasteiger partial charge in [0.15, 0.2) is 11.5 Å². The smallest absolute Gasteiger partial charge is 0.269 e. The molecule has 0 aliphatic carbocycles. The van der Waals surface area contributed by atoms with Gasteiger partial charge in [-0.05, 0) is 108 Å².